The van der Waals surface area contributed by atoms with Crippen LogP contribution in [0.3, 0.4) is 0 Å². The van der Waals surface area contributed by atoms with Gasteiger partial charge in [-0.2, -0.15) is 33.6 Å². The molecular weight excluding hydrogens is 1010 g/mol. The lowest BCUT2D eigenvalue weighted by atomic mass is 10.1. The highest BCUT2D eigenvalue weighted by Gasteiger charge is 2.54. The minimum Gasteiger partial charge on any atom is -0.367 e. The van der Waals surface area contributed by atoms with Crippen molar-refractivity contribution in [1.82, 2.24) is 29.1 Å². The minimum atomic E-state index is -5.87. The second-order valence-electron chi connectivity index (χ2n) is 14.4. The molecule has 4 aromatic rings. The van der Waals surface area contributed by atoms with Crippen molar-refractivity contribution in [1.29, 1.82) is 0 Å². The number of hydrogen-bond donors (Lipinski definition) is 5. The lowest BCUT2D eigenvalue weighted by Crippen LogP contribution is -2.36. The van der Waals surface area contributed by atoms with E-state index in [0.717, 1.165) is 28.0 Å². The number of aromatic nitrogens is 6. The Morgan fingerprint density at radius 1 is 0.939 bits per heavy atom. The second kappa shape index (κ2) is 22.0. The van der Waals surface area contributed by atoms with Gasteiger partial charge in [0.2, 0.25) is 0 Å². The summed E-state index contributed by atoms with van der Waals surface area (Å²) in [6.45, 7) is -0.605. The maximum atomic E-state index is 12.8. The van der Waals surface area contributed by atoms with Crippen LogP contribution in [0.25, 0.3) is 11.2 Å². The van der Waals surface area contributed by atoms with E-state index in [4.69, 9.17) is 28.0 Å². The Hall–Kier alpha value is -2.62. The van der Waals surface area contributed by atoms with Gasteiger partial charge in [-0.05, 0) is 24.7 Å². The van der Waals surface area contributed by atoms with Gasteiger partial charge in [0.15, 0.2) is 43.7 Å². The molecule has 3 fully saturated rings. The van der Waals surface area contributed by atoms with Crippen molar-refractivity contribution in [2.45, 2.75) is 80.2 Å². The van der Waals surface area contributed by atoms with Gasteiger partial charge in [-0.25, -0.2) is 37.8 Å². The summed E-state index contributed by atoms with van der Waals surface area (Å²) in [5.41, 5.74) is 0.0155. The molecule has 5 N–H and O–H groups in total. The van der Waals surface area contributed by atoms with Crippen LogP contribution in [0, 0.1) is 0 Å². The smallest absolute Gasteiger partial charge is 0.367 e. The maximum absolute atomic E-state index is 12.8. The fourth-order valence-electron chi connectivity index (χ4n) is 6.81. The van der Waals surface area contributed by atoms with E-state index in [1.165, 1.54) is 17.1 Å². The van der Waals surface area contributed by atoms with Crippen LogP contribution in [0.5, 0.6) is 0 Å². The molecule has 0 bridgehead atoms. The summed E-state index contributed by atoms with van der Waals surface area (Å²) in [6.07, 6.45) is -6.37. The average molecular weight is 1050 g/mol. The Labute approximate surface area is 381 Å². The van der Waals surface area contributed by atoms with Gasteiger partial charge in [-0.1, -0.05) is 42.1 Å². The van der Waals surface area contributed by atoms with Gasteiger partial charge in [0.05, 0.1) is 32.1 Å². The highest BCUT2D eigenvalue weighted by molar-refractivity contribution is 7.99. The van der Waals surface area contributed by atoms with Crippen molar-refractivity contribution < 1.29 is 82.5 Å². The van der Waals surface area contributed by atoms with Crippen LogP contribution in [0.15, 0.2) is 63.7 Å². The molecule has 10 unspecified atom stereocenters. The molecule has 1 aromatic carbocycles. The van der Waals surface area contributed by atoms with E-state index < -0.39 is 113 Å². The van der Waals surface area contributed by atoms with E-state index in [1.54, 1.807) is 11.8 Å². The fraction of sp³-hybridized carbons (Fsp3) is 0.545. The summed E-state index contributed by atoms with van der Waals surface area (Å²) in [5.74, 6) is 0.679. The van der Waals surface area contributed by atoms with Crippen molar-refractivity contribution in [3.05, 3.63) is 75.3 Å². The Kier molecular flexibility index (Phi) is 17.1. The van der Waals surface area contributed by atoms with Gasteiger partial charge < -0.3 is 43.5 Å². The van der Waals surface area contributed by atoms with Crippen molar-refractivity contribution in [3.63, 3.8) is 0 Å². The zero-order valence-electron chi connectivity index (χ0n) is 34.1. The Bertz CT molecular complexity index is 2570. The van der Waals surface area contributed by atoms with Crippen molar-refractivity contribution in [3.8, 4) is 0 Å². The molecular formula is C33H42F3N7O17P4S2. The molecule has 24 nitrogen and oxygen atoms in total. The van der Waals surface area contributed by atoms with Gasteiger partial charge in [-0.3, -0.25) is 23.4 Å². The molecule has 0 aliphatic carbocycles. The number of phosphoric ester groups is 1. The monoisotopic (exact) mass is 1050 g/mol. The highest BCUT2D eigenvalue weighted by atomic mass is 32.2. The zero-order chi connectivity index (χ0) is 47.3. The third kappa shape index (κ3) is 14.0. The van der Waals surface area contributed by atoms with Crippen LogP contribution in [-0.4, -0.2) is 118 Å². The van der Waals surface area contributed by atoms with E-state index >= 15 is 0 Å². The van der Waals surface area contributed by atoms with Crippen LogP contribution in [0.1, 0.15) is 37.3 Å². The quantitative estimate of drug-likeness (QED) is 0.0282. The topological polar surface area (TPSA) is 305 Å². The molecule has 7 rings (SSSR count). The lowest BCUT2D eigenvalue weighted by molar-refractivity contribution is -0.149. The minimum absolute atomic E-state index is 0.0653. The number of H-pyrrole nitrogens is 1. The molecule has 0 amide bonds. The molecule has 3 aliphatic heterocycles. The predicted molar refractivity (Wildman–Crippen MR) is 229 cm³/mol. The molecule has 0 spiro atoms. The summed E-state index contributed by atoms with van der Waals surface area (Å²) in [7, 11) is -18.3. The second-order valence-corrected chi connectivity index (χ2v) is 22.0. The first kappa shape index (κ1) is 51.2. The molecule has 33 heteroatoms. The number of benzene rings is 1. The largest absolute Gasteiger partial charge is 0.490 e. The molecule has 3 saturated heterocycles. The summed E-state index contributed by atoms with van der Waals surface area (Å²) in [4.78, 5) is 70.1. The number of thioether (sulfide) groups is 2. The molecule has 364 valence electrons. The van der Waals surface area contributed by atoms with Crippen LogP contribution in [-0.2, 0) is 61.0 Å². The predicted octanol–water partition coefficient (Wildman–Crippen LogP) is 5.02. The number of rotatable bonds is 23. The molecule has 3 aromatic heterocycles. The summed E-state index contributed by atoms with van der Waals surface area (Å²) in [6, 6.07) is 10.3. The van der Waals surface area contributed by atoms with Crippen LogP contribution >= 0.6 is 56.0 Å². The number of fused-ring (bicyclic) bond motifs is 2. The number of nitrogens with zero attached hydrogens (tertiary/aromatic N) is 5. The standard InChI is InChI=1S/C33H42F3N7O17P4S2/c1-65-14-11-37-28-25-29(41-31(40-28)66-13-10-33(34,35)36)43(18-38-25)23-8-7-20(54-23)16-53-62(46,47)59-64(50,51)60-63(48,49)58-61-52-17-21-26-27(30(55-21)42-12-9-22(44)39-32(42)45)57-24(56-26)15-19-5-3-2-4-6-19/h2-6,9,12,18,20-21,23-24,26-27,30,61H,7-8,10-11,13-17H2,1H3,(H,46,47)(H,48,49)(H,50,51)(H,37,40,41)(H,39,44,45)/t20?,21?,23?,24?,26?,27-,30?/m1/s1. The number of nitrogens with one attached hydrogen (secondary N) is 2. The first-order valence-corrected chi connectivity index (χ1v) is 27.2. The van der Waals surface area contributed by atoms with Gasteiger partial charge in [0.25, 0.3) is 5.56 Å². The van der Waals surface area contributed by atoms with Crippen LogP contribution in [0.4, 0.5) is 19.0 Å². The number of ether oxygens (including phenoxy) is 4. The fourth-order valence-corrected chi connectivity index (χ4v) is 12.2. The van der Waals surface area contributed by atoms with Crippen LogP contribution < -0.4 is 16.6 Å². The molecule has 11 atom stereocenters. The third-order valence-corrected chi connectivity index (χ3v) is 16.3. The van der Waals surface area contributed by atoms with Crippen molar-refractivity contribution in [2.75, 3.05) is 42.8 Å². The zero-order valence-corrected chi connectivity index (χ0v) is 39.4. The first-order valence-electron chi connectivity index (χ1n) is 19.5. The lowest BCUT2D eigenvalue weighted by Gasteiger charge is -2.21. The van der Waals surface area contributed by atoms with Gasteiger partial charge in [0.1, 0.15) is 24.5 Å². The third-order valence-electron chi connectivity index (χ3n) is 9.58. The molecule has 0 radical (unpaired) electrons. The van der Waals surface area contributed by atoms with Crippen molar-refractivity contribution in [2.24, 2.45) is 0 Å². The normalized spacial score (nSPS) is 26.1. The Morgan fingerprint density at radius 3 is 2.44 bits per heavy atom. The van der Waals surface area contributed by atoms with E-state index in [9.17, 15) is 51.1 Å². The SMILES string of the molecule is CSCCNc1nc(SCCC(F)(F)F)nc2c1ncn2C1CCC(COP(=O)(O)OP(=O)(O)OP(=O)(O)OPOCC2OC(n3ccc(=O)[nH]c3=O)[C@@H]3OC(Cc4ccccc4)OC23)O1. The Morgan fingerprint density at radius 2 is 1.70 bits per heavy atom. The van der Waals surface area contributed by atoms with Crippen LogP contribution in [0.2, 0.25) is 0 Å². The summed E-state index contributed by atoms with van der Waals surface area (Å²) >= 11 is 2.37. The summed E-state index contributed by atoms with van der Waals surface area (Å²) < 4.78 is 126. The average Bonchev–Trinajstić information content (AvgIpc) is 4.03. The number of hydrogen-bond acceptors (Lipinski definition) is 20. The molecule has 0 saturated carbocycles. The van der Waals surface area contributed by atoms with Gasteiger partial charge >= 0.3 is 35.3 Å². The number of aromatic amines is 1. The number of halogens is 3. The highest BCUT2D eigenvalue weighted by Crippen LogP contribution is 2.69. The number of alkyl halides is 3. The number of anilines is 1. The van der Waals surface area contributed by atoms with E-state index in [2.05, 4.69) is 38.2 Å². The van der Waals surface area contributed by atoms with E-state index in [0.29, 0.717) is 30.1 Å². The van der Waals surface area contributed by atoms with E-state index in [-0.39, 0.29) is 29.4 Å². The number of imidazole rings is 1. The first-order chi connectivity index (χ1) is 31.3. The molecule has 3 aliphatic rings. The molecule has 66 heavy (non-hydrogen) atoms. The van der Waals surface area contributed by atoms with Gasteiger partial charge in [0, 0.05) is 36.7 Å². The Balaban J connectivity index is 0.892. The number of phosphoric acid groups is 3. The maximum Gasteiger partial charge on any atom is 0.490 e. The van der Waals surface area contributed by atoms with Crippen molar-refractivity contribution >= 4 is 73.0 Å². The van der Waals surface area contributed by atoms with Gasteiger partial charge in [-0.15, -0.1) is 0 Å². The van der Waals surface area contributed by atoms with E-state index in [1.807, 2.05) is 36.6 Å². The summed E-state index contributed by atoms with van der Waals surface area (Å²) in [5, 5.41) is 3.18. The molecule has 6 heterocycles.